The van der Waals surface area contributed by atoms with E-state index in [1.54, 1.807) is 7.11 Å². The van der Waals surface area contributed by atoms with E-state index >= 15 is 0 Å². The Balaban J connectivity index is 1.70. The van der Waals surface area contributed by atoms with Gasteiger partial charge in [0.15, 0.2) is 0 Å². The molecule has 84 valence electrons. The first-order valence-corrected chi connectivity index (χ1v) is 6.92. The lowest BCUT2D eigenvalue weighted by Gasteiger charge is -2.02. The number of nitrogens with one attached hydrogen (secondary N) is 1. The lowest BCUT2D eigenvalue weighted by molar-refractivity contribution is 0.199. The Bertz CT molecular complexity index is 315. The van der Waals surface area contributed by atoms with Gasteiger partial charge in [0.1, 0.15) is 0 Å². The summed E-state index contributed by atoms with van der Waals surface area (Å²) >= 11 is 5.47. The van der Waals surface area contributed by atoms with Crippen molar-refractivity contribution in [2.75, 3.05) is 26.8 Å². The Hall–Kier alpha value is 0.100. The van der Waals surface area contributed by atoms with Crippen LogP contribution in [0.2, 0.25) is 0 Å². The van der Waals surface area contributed by atoms with E-state index in [1.165, 1.54) is 15.8 Å². The zero-order valence-corrected chi connectivity index (χ0v) is 11.2. The van der Waals surface area contributed by atoms with Crippen molar-refractivity contribution in [2.24, 2.45) is 5.92 Å². The Kier molecular flexibility index (Phi) is 4.20. The largest absolute Gasteiger partial charge is 0.383 e. The van der Waals surface area contributed by atoms with Gasteiger partial charge in [0.25, 0.3) is 0 Å². The molecule has 1 N–H and O–H groups in total. The molecule has 2 atom stereocenters. The fourth-order valence-corrected chi connectivity index (χ4v) is 3.70. The maximum absolute atomic E-state index is 4.99. The molecule has 2 nitrogen and oxygen atoms in total. The molecule has 2 unspecified atom stereocenters. The molecular formula is C11H16BrNOS. The smallest absolute Gasteiger partial charge is 0.0587 e. The molecule has 1 heterocycles. The van der Waals surface area contributed by atoms with Crippen LogP contribution in [0.5, 0.6) is 0 Å². The van der Waals surface area contributed by atoms with Crippen molar-refractivity contribution in [1.82, 2.24) is 5.32 Å². The second-order valence-corrected chi connectivity index (χ2v) is 5.73. The molecule has 1 fully saturated rings. The number of thiophene rings is 1. The molecule has 0 bridgehead atoms. The first-order valence-electron chi connectivity index (χ1n) is 5.25. The SMILES string of the molecule is COCCNCC1CC1c1sccc1Br. The Morgan fingerprint density at radius 2 is 2.53 bits per heavy atom. The predicted octanol–water partition coefficient (Wildman–Crippen LogP) is 2.85. The number of hydrogen-bond acceptors (Lipinski definition) is 3. The molecule has 1 aromatic heterocycles. The second-order valence-electron chi connectivity index (χ2n) is 3.93. The molecule has 4 heteroatoms. The monoisotopic (exact) mass is 289 g/mol. The fourth-order valence-electron chi connectivity index (χ4n) is 1.83. The van der Waals surface area contributed by atoms with E-state index < -0.39 is 0 Å². The second kappa shape index (κ2) is 5.43. The molecule has 0 radical (unpaired) electrons. The molecule has 2 rings (SSSR count). The number of halogens is 1. The van der Waals surface area contributed by atoms with Crippen LogP contribution in [0.1, 0.15) is 17.2 Å². The highest BCUT2D eigenvalue weighted by atomic mass is 79.9. The van der Waals surface area contributed by atoms with Crippen molar-refractivity contribution in [1.29, 1.82) is 0 Å². The molecule has 0 amide bonds. The third kappa shape index (κ3) is 3.03. The molecule has 1 aliphatic rings. The summed E-state index contributed by atoms with van der Waals surface area (Å²) in [6, 6.07) is 2.15. The Morgan fingerprint density at radius 1 is 1.67 bits per heavy atom. The molecule has 0 aliphatic heterocycles. The third-order valence-electron chi connectivity index (χ3n) is 2.79. The van der Waals surface area contributed by atoms with Crippen molar-refractivity contribution in [3.8, 4) is 0 Å². The summed E-state index contributed by atoms with van der Waals surface area (Å²) < 4.78 is 6.28. The summed E-state index contributed by atoms with van der Waals surface area (Å²) in [6.07, 6.45) is 1.33. The number of hydrogen-bond donors (Lipinski definition) is 1. The summed E-state index contributed by atoms with van der Waals surface area (Å²) in [6.45, 7) is 2.89. The van der Waals surface area contributed by atoms with E-state index in [4.69, 9.17) is 4.74 Å². The predicted molar refractivity (Wildman–Crippen MR) is 67.6 cm³/mol. The molecule has 0 aromatic carbocycles. The maximum atomic E-state index is 4.99. The van der Waals surface area contributed by atoms with Gasteiger partial charge in [-0.25, -0.2) is 0 Å². The van der Waals surface area contributed by atoms with Crippen LogP contribution in [0.15, 0.2) is 15.9 Å². The van der Waals surface area contributed by atoms with Crippen molar-refractivity contribution in [2.45, 2.75) is 12.3 Å². The molecule has 0 saturated heterocycles. The Labute approximate surface area is 103 Å². The van der Waals surface area contributed by atoms with E-state index in [0.29, 0.717) is 0 Å². The van der Waals surface area contributed by atoms with Gasteiger partial charge >= 0.3 is 0 Å². The van der Waals surface area contributed by atoms with E-state index in [1.807, 2.05) is 11.3 Å². The van der Waals surface area contributed by atoms with Crippen LogP contribution in [-0.4, -0.2) is 26.8 Å². The minimum atomic E-state index is 0.786. The van der Waals surface area contributed by atoms with E-state index in [9.17, 15) is 0 Å². The van der Waals surface area contributed by atoms with Crippen LogP contribution < -0.4 is 5.32 Å². The summed E-state index contributed by atoms with van der Waals surface area (Å²) in [7, 11) is 1.74. The number of rotatable bonds is 6. The molecule has 15 heavy (non-hydrogen) atoms. The van der Waals surface area contributed by atoms with Crippen LogP contribution >= 0.6 is 27.3 Å². The van der Waals surface area contributed by atoms with Crippen molar-refractivity contribution >= 4 is 27.3 Å². The first-order chi connectivity index (χ1) is 7.33. The van der Waals surface area contributed by atoms with Crippen molar-refractivity contribution in [3.05, 3.63) is 20.8 Å². The molecule has 1 aromatic rings. The maximum Gasteiger partial charge on any atom is 0.0587 e. The number of methoxy groups -OCH3 is 1. The molecule has 1 saturated carbocycles. The molecular weight excluding hydrogens is 274 g/mol. The van der Waals surface area contributed by atoms with Crippen molar-refractivity contribution < 1.29 is 4.74 Å². The average Bonchev–Trinajstić information content (AvgIpc) is 2.87. The van der Waals surface area contributed by atoms with Crippen LogP contribution in [0, 0.1) is 5.92 Å². The highest BCUT2D eigenvalue weighted by Gasteiger charge is 2.39. The standard InChI is InChI=1S/C11H16BrNOS/c1-14-4-3-13-7-8-6-9(8)11-10(12)2-5-15-11/h2,5,8-9,13H,3-4,6-7H2,1H3. The van der Waals surface area contributed by atoms with Crippen LogP contribution in [0.3, 0.4) is 0 Å². The van der Waals surface area contributed by atoms with E-state index in [-0.39, 0.29) is 0 Å². The molecule has 1 aliphatic carbocycles. The summed E-state index contributed by atoms with van der Waals surface area (Å²) in [5.74, 6) is 1.62. The van der Waals surface area contributed by atoms with Gasteiger partial charge in [-0.15, -0.1) is 11.3 Å². The Morgan fingerprint density at radius 3 is 3.20 bits per heavy atom. The normalized spacial score (nSPS) is 24.4. The van der Waals surface area contributed by atoms with Crippen molar-refractivity contribution in [3.63, 3.8) is 0 Å². The van der Waals surface area contributed by atoms with Gasteiger partial charge in [0.2, 0.25) is 0 Å². The zero-order chi connectivity index (χ0) is 10.7. The molecule has 0 spiro atoms. The first kappa shape index (κ1) is 11.6. The average molecular weight is 290 g/mol. The number of ether oxygens (including phenoxy) is 1. The highest BCUT2D eigenvalue weighted by Crippen LogP contribution is 2.51. The fraction of sp³-hybridized carbons (Fsp3) is 0.636. The van der Waals surface area contributed by atoms with Crippen LogP contribution in [-0.2, 0) is 4.74 Å². The lowest BCUT2D eigenvalue weighted by Crippen LogP contribution is -2.21. The van der Waals surface area contributed by atoms with E-state index in [0.717, 1.165) is 31.5 Å². The van der Waals surface area contributed by atoms with Gasteiger partial charge in [-0.1, -0.05) is 0 Å². The van der Waals surface area contributed by atoms with Gasteiger partial charge in [-0.05, 0) is 52.2 Å². The zero-order valence-electron chi connectivity index (χ0n) is 8.83. The summed E-state index contributed by atoms with van der Waals surface area (Å²) in [5.41, 5.74) is 0. The quantitative estimate of drug-likeness (QED) is 0.813. The lowest BCUT2D eigenvalue weighted by atomic mass is 10.2. The van der Waals surface area contributed by atoms with Crippen LogP contribution in [0.25, 0.3) is 0 Å². The minimum Gasteiger partial charge on any atom is -0.383 e. The topological polar surface area (TPSA) is 21.3 Å². The highest BCUT2D eigenvalue weighted by molar-refractivity contribution is 9.10. The van der Waals surface area contributed by atoms with Gasteiger partial charge in [-0.3, -0.25) is 0 Å². The minimum absolute atomic E-state index is 0.786. The summed E-state index contributed by atoms with van der Waals surface area (Å²) in [4.78, 5) is 1.52. The van der Waals surface area contributed by atoms with Gasteiger partial charge in [-0.2, -0.15) is 0 Å². The summed E-state index contributed by atoms with van der Waals surface area (Å²) in [5, 5.41) is 5.58. The van der Waals surface area contributed by atoms with E-state index in [2.05, 4.69) is 32.7 Å². The van der Waals surface area contributed by atoms with Crippen LogP contribution in [0.4, 0.5) is 0 Å². The third-order valence-corrected chi connectivity index (χ3v) is 4.80. The van der Waals surface area contributed by atoms with Gasteiger partial charge in [0, 0.05) is 23.0 Å². The van der Waals surface area contributed by atoms with Gasteiger partial charge < -0.3 is 10.1 Å². The van der Waals surface area contributed by atoms with Gasteiger partial charge in [0.05, 0.1) is 6.61 Å².